The minimum atomic E-state index is -2.92. The van der Waals surface area contributed by atoms with Gasteiger partial charge < -0.3 is 14.9 Å². The van der Waals surface area contributed by atoms with Crippen molar-refractivity contribution in [2.45, 2.75) is 18.9 Å². The number of hydrogen-bond donors (Lipinski definition) is 1. The van der Waals surface area contributed by atoms with Gasteiger partial charge in [-0.2, -0.15) is 0 Å². The van der Waals surface area contributed by atoms with Crippen molar-refractivity contribution in [2.24, 2.45) is 5.92 Å². The molecule has 1 fully saturated rings. The molecule has 0 aromatic rings. The van der Waals surface area contributed by atoms with Crippen LogP contribution < -0.4 is 0 Å². The highest BCUT2D eigenvalue weighted by atomic mass is 128. The number of allylic oxidation sites excluding steroid dienone is 1. The molecule has 1 aliphatic rings. The Balaban J connectivity index is 0.00000191. The summed E-state index contributed by atoms with van der Waals surface area (Å²) >= 11 is 4.24. The molecule has 8 heteroatoms. The largest absolute Gasteiger partial charge is 0.390 e. The highest BCUT2D eigenvalue weighted by molar-refractivity contribution is 15.0. The van der Waals surface area contributed by atoms with E-state index in [0.717, 1.165) is 12.1 Å². The van der Waals surface area contributed by atoms with E-state index in [2.05, 4.69) is 43.8 Å². The summed E-state index contributed by atoms with van der Waals surface area (Å²) in [4.78, 5) is 3.81. The fourth-order valence-electron chi connectivity index (χ4n) is 2.51. The summed E-state index contributed by atoms with van der Waals surface area (Å²) in [6.07, 6.45) is 1.11. The topological polar surface area (TPSA) is 60.9 Å². The Labute approximate surface area is 152 Å². The molecule has 1 heterocycles. The van der Waals surface area contributed by atoms with E-state index in [1.165, 1.54) is 0 Å². The molecule has 2 unspecified atom stereocenters. The van der Waals surface area contributed by atoms with Gasteiger partial charge in [0.1, 0.15) is 0 Å². The van der Waals surface area contributed by atoms with Gasteiger partial charge in [0.05, 0.1) is 17.6 Å². The summed E-state index contributed by atoms with van der Waals surface area (Å²) in [6.45, 7) is 5.08. The number of aliphatic hydroxyl groups excluding tert-OH is 1. The Morgan fingerprint density at radius 1 is 1.33 bits per heavy atom. The molecule has 0 aromatic heterocycles. The Hall–Kier alpha value is 0.870. The van der Waals surface area contributed by atoms with Crippen molar-refractivity contribution in [3.63, 3.8) is 0 Å². The standard InChI is InChI=1S/C13H26N2O3S.I2/c1-11(12-6-5-7-19(17,18)10-12)15(4)9-13(16)8-14(2)3;1-2/h12-13,16H,1,5-10H2,2-4H3;. The van der Waals surface area contributed by atoms with Gasteiger partial charge in [0.15, 0.2) is 9.84 Å². The average molecular weight is 544 g/mol. The van der Waals surface area contributed by atoms with Gasteiger partial charge in [-0.05, 0) is 26.9 Å². The minimum Gasteiger partial charge on any atom is -0.390 e. The molecule has 0 bridgehead atoms. The molecule has 5 nitrogen and oxygen atoms in total. The zero-order valence-corrected chi connectivity index (χ0v) is 18.1. The van der Waals surface area contributed by atoms with E-state index in [1.54, 1.807) is 0 Å². The van der Waals surface area contributed by atoms with Crippen LogP contribution in [0.25, 0.3) is 0 Å². The van der Waals surface area contributed by atoms with Crippen LogP contribution in [-0.4, -0.2) is 75.2 Å². The van der Waals surface area contributed by atoms with Crippen molar-refractivity contribution in [1.29, 1.82) is 0 Å². The van der Waals surface area contributed by atoms with E-state index in [9.17, 15) is 13.5 Å². The molecule has 0 aliphatic carbocycles. The number of halogens is 2. The highest BCUT2D eigenvalue weighted by Gasteiger charge is 2.28. The zero-order chi connectivity index (χ0) is 16.6. The molecule has 0 spiro atoms. The van der Waals surface area contributed by atoms with Gasteiger partial charge in [-0.1, -0.05) is 6.58 Å². The zero-order valence-electron chi connectivity index (χ0n) is 12.9. The molecule has 1 N–H and O–H groups in total. The summed E-state index contributed by atoms with van der Waals surface area (Å²) in [7, 11) is 2.76. The van der Waals surface area contributed by atoms with Crippen LogP contribution in [0, 0.1) is 5.92 Å². The first-order valence-electron chi connectivity index (χ1n) is 6.78. The van der Waals surface area contributed by atoms with Crippen molar-refractivity contribution in [1.82, 2.24) is 9.80 Å². The van der Waals surface area contributed by atoms with Crippen molar-refractivity contribution in [2.75, 3.05) is 45.7 Å². The lowest BCUT2D eigenvalue weighted by atomic mass is 10.0. The predicted molar refractivity (Wildman–Crippen MR) is 106 cm³/mol. The second kappa shape index (κ2) is 10.6. The molecule has 1 aliphatic heterocycles. The van der Waals surface area contributed by atoms with Gasteiger partial charge in [0.2, 0.25) is 0 Å². The van der Waals surface area contributed by atoms with Crippen LogP contribution in [0.1, 0.15) is 12.8 Å². The molecule has 0 saturated carbocycles. The summed E-state index contributed by atoms with van der Waals surface area (Å²) in [5.41, 5.74) is 0.820. The van der Waals surface area contributed by atoms with E-state index in [4.69, 9.17) is 0 Å². The van der Waals surface area contributed by atoms with Gasteiger partial charge in [-0.15, -0.1) is 0 Å². The third-order valence-electron chi connectivity index (χ3n) is 3.49. The smallest absolute Gasteiger partial charge is 0.150 e. The lowest BCUT2D eigenvalue weighted by Crippen LogP contribution is -2.38. The average Bonchev–Trinajstić information content (AvgIpc) is 2.37. The van der Waals surface area contributed by atoms with Crippen molar-refractivity contribution < 1.29 is 13.5 Å². The first-order valence-corrected chi connectivity index (χ1v) is 14.9. The molecule has 1 saturated heterocycles. The SMILES string of the molecule is C=C(C1CCCS(=O)(=O)C1)N(C)CC(O)CN(C)C.II. The third-order valence-corrected chi connectivity index (χ3v) is 5.31. The van der Waals surface area contributed by atoms with Gasteiger partial charge in [0.25, 0.3) is 0 Å². The maximum absolute atomic E-state index is 11.6. The summed E-state index contributed by atoms with van der Waals surface area (Å²) in [5.74, 6) is 0.485. The minimum absolute atomic E-state index is 0.00435. The number of nitrogens with zero attached hydrogens (tertiary/aromatic N) is 2. The fraction of sp³-hybridized carbons (Fsp3) is 0.846. The van der Waals surface area contributed by atoms with Gasteiger partial charge in [0, 0.05) is 69.0 Å². The molecule has 1 rings (SSSR count). The lowest BCUT2D eigenvalue weighted by Gasteiger charge is -2.32. The van der Waals surface area contributed by atoms with Gasteiger partial charge >= 0.3 is 0 Å². The number of rotatable bonds is 6. The van der Waals surface area contributed by atoms with E-state index in [1.807, 2.05) is 30.9 Å². The molecule has 0 radical (unpaired) electrons. The van der Waals surface area contributed by atoms with Gasteiger partial charge in [-0.25, -0.2) is 8.42 Å². The maximum Gasteiger partial charge on any atom is 0.150 e. The summed E-state index contributed by atoms with van der Waals surface area (Å²) < 4.78 is 23.3. The maximum atomic E-state index is 11.6. The summed E-state index contributed by atoms with van der Waals surface area (Å²) in [5, 5.41) is 9.90. The molecule has 21 heavy (non-hydrogen) atoms. The van der Waals surface area contributed by atoms with E-state index in [0.29, 0.717) is 25.3 Å². The summed E-state index contributed by atoms with van der Waals surface area (Å²) in [6, 6.07) is 0. The first-order chi connectivity index (χ1) is 9.71. The third kappa shape index (κ3) is 8.92. The van der Waals surface area contributed by atoms with Crippen LogP contribution in [0.3, 0.4) is 0 Å². The molecular weight excluding hydrogens is 518 g/mol. The monoisotopic (exact) mass is 544 g/mol. The second-order valence-electron chi connectivity index (χ2n) is 5.74. The number of likely N-dealkylation sites (N-methyl/N-ethyl adjacent to an activating group) is 2. The lowest BCUT2D eigenvalue weighted by molar-refractivity contribution is 0.106. The predicted octanol–water partition coefficient (Wildman–Crippen LogP) is 1.95. The Morgan fingerprint density at radius 3 is 2.38 bits per heavy atom. The highest BCUT2D eigenvalue weighted by Crippen LogP contribution is 2.25. The quantitative estimate of drug-likeness (QED) is 0.519. The van der Waals surface area contributed by atoms with Crippen molar-refractivity contribution in [3.8, 4) is 0 Å². The molecular formula is C13H26I2N2O3S. The molecule has 0 amide bonds. The Morgan fingerprint density at radius 2 is 1.90 bits per heavy atom. The normalized spacial score (nSPS) is 22.1. The number of sulfone groups is 1. The van der Waals surface area contributed by atoms with Gasteiger partial charge in [-0.3, -0.25) is 0 Å². The first kappa shape index (κ1) is 21.9. The number of hydrogen-bond acceptors (Lipinski definition) is 5. The number of aliphatic hydroxyl groups is 1. The van der Waals surface area contributed by atoms with Crippen LogP contribution in [0.15, 0.2) is 12.3 Å². The molecule has 2 atom stereocenters. The molecule has 0 aromatic carbocycles. The Bertz CT molecular complexity index is 416. The van der Waals surface area contributed by atoms with Crippen LogP contribution in [-0.2, 0) is 9.84 Å². The van der Waals surface area contributed by atoms with Crippen molar-refractivity contribution >= 4 is 47.1 Å². The van der Waals surface area contributed by atoms with E-state index < -0.39 is 15.9 Å². The molecule has 126 valence electrons. The van der Waals surface area contributed by atoms with Crippen LogP contribution in [0.2, 0.25) is 0 Å². The van der Waals surface area contributed by atoms with Crippen molar-refractivity contribution in [3.05, 3.63) is 12.3 Å². The Kier molecular flexibility index (Phi) is 11.0. The van der Waals surface area contributed by atoms with Crippen LogP contribution >= 0.6 is 37.2 Å². The van der Waals surface area contributed by atoms with Crippen LogP contribution in [0.4, 0.5) is 0 Å². The fourth-order valence-corrected chi connectivity index (χ4v) is 4.26. The second-order valence-corrected chi connectivity index (χ2v) is 7.97. The van der Waals surface area contributed by atoms with E-state index >= 15 is 0 Å². The van der Waals surface area contributed by atoms with E-state index in [-0.39, 0.29) is 11.7 Å². The van der Waals surface area contributed by atoms with Crippen LogP contribution in [0.5, 0.6) is 0 Å².